The molecule has 1 amide bonds. The second-order valence-electron chi connectivity index (χ2n) is 5.82. The molecule has 144 valence electrons. The highest BCUT2D eigenvalue weighted by Crippen LogP contribution is 2.32. The normalized spacial score (nSPS) is 15.4. The number of rotatable bonds is 7. The number of carbonyl (C=O) groups excluding carboxylic acids is 1. The first-order valence-electron chi connectivity index (χ1n) is 8.12. The van der Waals surface area contributed by atoms with E-state index < -0.39 is 10.9 Å². The highest BCUT2D eigenvalue weighted by molar-refractivity contribution is 8.26. The molecule has 1 fully saturated rings. The first-order valence-corrected chi connectivity index (χ1v) is 9.34. The van der Waals surface area contributed by atoms with Gasteiger partial charge < -0.3 is 5.11 Å². The highest BCUT2D eigenvalue weighted by Gasteiger charge is 2.31. The Labute approximate surface area is 168 Å². The number of carboxylic acid groups (broad SMARTS) is 1. The van der Waals surface area contributed by atoms with Crippen molar-refractivity contribution in [2.24, 2.45) is 0 Å². The van der Waals surface area contributed by atoms with E-state index in [1.165, 1.54) is 17.0 Å². The fourth-order valence-corrected chi connectivity index (χ4v) is 3.82. The van der Waals surface area contributed by atoms with Crippen molar-refractivity contribution in [3.8, 4) is 5.69 Å². The molecule has 28 heavy (non-hydrogen) atoms. The topological polar surface area (TPSA) is 119 Å². The molecule has 0 unspecified atom stereocenters. The summed E-state index contributed by atoms with van der Waals surface area (Å²) in [4.78, 5) is 35.2. The summed E-state index contributed by atoms with van der Waals surface area (Å²) in [6.45, 7) is 0.260. The molecule has 0 aliphatic carbocycles. The van der Waals surface area contributed by atoms with E-state index in [0.29, 0.717) is 26.9 Å². The van der Waals surface area contributed by atoms with Crippen LogP contribution in [0.2, 0.25) is 0 Å². The van der Waals surface area contributed by atoms with Crippen LogP contribution in [0.3, 0.4) is 0 Å². The van der Waals surface area contributed by atoms with Crippen LogP contribution in [0.4, 0.5) is 5.69 Å². The van der Waals surface area contributed by atoms with E-state index in [9.17, 15) is 19.7 Å². The lowest BCUT2D eigenvalue weighted by atomic mass is 10.2. The SMILES string of the molecule is O=C(O)CCCN1C(=O)/C(=C/c2cnn(-c3ccc([N+](=O)[O-])cc3)c2)SC1=S. The van der Waals surface area contributed by atoms with Gasteiger partial charge in [0.25, 0.3) is 11.6 Å². The monoisotopic (exact) mass is 418 g/mol. The summed E-state index contributed by atoms with van der Waals surface area (Å²) >= 11 is 6.36. The Balaban J connectivity index is 1.72. The van der Waals surface area contributed by atoms with Crippen LogP contribution in [0, 0.1) is 10.1 Å². The van der Waals surface area contributed by atoms with Gasteiger partial charge in [-0.05, 0) is 24.6 Å². The number of amides is 1. The van der Waals surface area contributed by atoms with E-state index in [1.54, 1.807) is 35.3 Å². The largest absolute Gasteiger partial charge is 0.481 e. The van der Waals surface area contributed by atoms with E-state index in [2.05, 4.69) is 5.10 Å². The number of aromatic nitrogens is 2. The molecular weight excluding hydrogens is 404 g/mol. The Morgan fingerprint density at radius 3 is 2.71 bits per heavy atom. The Kier molecular flexibility index (Phi) is 5.85. The van der Waals surface area contributed by atoms with Gasteiger partial charge in [-0.15, -0.1) is 0 Å². The molecule has 0 spiro atoms. The standard InChI is InChI=1S/C17H14N4O5S2/c22-15(23)2-1-7-19-16(24)14(28-17(19)27)8-11-9-18-20(10-11)12-3-5-13(6-4-12)21(25)26/h3-6,8-10H,1-2,7H2,(H,22,23)/b14-8-. The molecule has 11 heteroatoms. The second-order valence-corrected chi connectivity index (χ2v) is 7.50. The van der Waals surface area contributed by atoms with Gasteiger partial charge in [0.1, 0.15) is 4.32 Å². The summed E-state index contributed by atoms with van der Waals surface area (Å²) in [6.07, 6.45) is 5.22. The van der Waals surface area contributed by atoms with E-state index in [0.717, 1.165) is 11.8 Å². The third-order valence-corrected chi connectivity index (χ3v) is 5.25. The van der Waals surface area contributed by atoms with Crippen molar-refractivity contribution < 1.29 is 19.6 Å². The van der Waals surface area contributed by atoms with Gasteiger partial charge in [-0.3, -0.25) is 24.6 Å². The Morgan fingerprint density at radius 1 is 1.36 bits per heavy atom. The van der Waals surface area contributed by atoms with Gasteiger partial charge in [0.2, 0.25) is 0 Å². The van der Waals surface area contributed by atoms with Gasteiger partial charge in [-0.25, -0.2) is 4.68 Å². The van der Waals surface area contributed by atoms with Gasteiger partial charge in [0, 0.05) is 36.9 Å². The average molecular weight is 418 g/mol. The fourth-order valence-electron chi connectivity index (χ4n) is 2.51. The lowest BCUT2D eigenvalue weighted by molar-refractivity contribution is -0.384. The quantitative estimate of drug-likeness (QED) is 0.316. The Bertz CT molecular complexity index is 984. The van der Waals surface area contributed by atoms with Crippen LogP contribution >= 0.6 is 24.0 Å². The summed E-state index contributed by atoms with van der Waals surface area (Å²) in [5.41, 5.74) is 1.30. The molecule has 2 heterocycles. The maximum absolute atomic E-state index is 12.5. The predicted molar refractivity (Wildman–Crippen MR) is 107 cm³/mol. The van der Waals surface area contributed by atoms with Gasteiger partial charge in [-0.2, -0.15) is 5.10 Å². The maximum Gasteiger partial charge on any atom is 0.303 e. The van der Waals surface area contributed by atoms with Crippen LogP contribution in [-0.2, 0) is 9.59 Å². The number of benzene rings is 1. The number of thioether (sulfide) groups is 1. The summed E-state index contributed by atoms with van der Waals surface area (Å²) in [5.74, 6) is -1.18. The third-order valence-electron chi connectivity index (χ3n) is 3.87. The van der Waals surface area contributed by atoms with Crippen molar-refractivity contribution in [1.82, 2.24) is 14.7 Å². The molecule has 0 radical (unpaired) electrons. The number of hydrogen-bond acceptors (Lipinski definition) is 7. The van der Waals surface area contributed by atoms with E-state index in [4.69, 9.17) is 17.3 Å². The van der Waals surface area contributed by atoms with Crippen molar-refractivity contribution >= 4 is 51.9 Å². The molecule has 1 aromatic carbocycles. The third kappa shape index (κ3) is 4.43. The van der Waals surface area contributed by atoms with Crippen molar-refractivity contribution in [3.63, 3.8) is 0 Å². The zero-order chi connectivity index (χ0) is 20.3. The van der Waals surface area contributed by atoms with Crippen molar-refractivity contribution in [1.29, 1.82) is 0 Å². The van der Waals surface area contributed by atoms with Crippen LogP contribution in [0.5, 0.6) is 0 Å². The van der Waals surface area contributed by atoms with Crippen molar-refractivity contribution in [2.75, 3.05) is 6.54 Å². The fraction of sp³-hybridized carbons (Fsp3) is 0.176. The van der Waals surface area contributed by atoms with E-state index in [-0.39, 0.29) is 24.6 Å². The van der Waals surface area contributed by atoms with Crippen LogP contribution in [0.25, 0.3) is 11.8 Å². The maximum atomic E-state index is 12.5. The number of nitro groups is 1. The van der Waals surface area contributed by atoms with Crippen LogP contribution < -0.4 is 0 Å². The number of carboxylic acids is 1. The summed E-state index contributed by atoms with van der Waals surface area (Å²) in [6, 6.07) is 5.94. The molecule has 1 saturated heterocycles. The molecule has 9 nitrogen and oxygen atoms in total. The molecule has 0 saturated carbocycles. The molecule has 1 N–H and O–H groups in total. The molecule has 0 atom stereocenters. The van der Waals surface area contributed by atoms with E-state index in [1.807, 2.05) is 0 Å². The number of thiocarbonyl (C=S) groups is 1. The summed E-state index contributed by atoms with van der Waals surface area (Å²) < 4.78 is 1.94. The van der Waals surface area contributed by atoms with Crippen LogP contribution in [-0.4, -0.2) is 47.5 Å². The van der Waals surface area contributed by atoms with Crippen molar-refractivity contribution in [2.45, 2.75) is 12.8 Å². The lowest BCUT2D eigenvalue weighted by Gasteiger charge is -2.13. The number of carbonyl (C=O) groups is 2. The van der Waals surface area contributed by atoms with Crippen molar-refractivity contribution in [3.05, 3.63) is 57.2 Å². The number of nitro benzene ring substituents is 1. The minimum atomic E-state index is -0.917. The van der Waals surface area contributed by atoms with Gasteiger partial charge in [0.15, 0.2) is 0 Å². The molecular formula is C17H14N4O5S2. The Hall–Kier alpha value is -3.05. The zero-order valence-corrected chi connectivity index (χ0v) is 16.0. The van der Waals surface area contributed by atoms with Crippen LogP contribution in [0.15, 0.2) is 41.6 Å². The number of aliphatic carboxylic acids is 1. The van der Waals surface area contributed by atoms with Gasteiger partial charge in [0.05, 0.1) is 21.7 Å². The summed E-state index contributed by atoms with van der Waals surface area (Å²) in [7, 11) is 0. The average Bonchev–Trinajstić information content (AvgIpc) is 3.22. The zero-order valence-electron chi connectivity index (χ0n) is 14.3. The number of hydrogen-bond donors (Lipinski definition) is 1. The first-order chi connectivity index (χ1) is 13.3. The Morgan fingerprint density at radius 2 is 2.07 bits per heavy atom. The minimum Gasteiger partial charge on any atom is -0.481 e. The molecule has 1 aliphatic heterocycles. The first kappa shape index (κ1) is 19.7. The van der Waals surface area contributed by atoms with E-state index >= 15 is 0 Å². The molecule has 0 bridgehead atoms. The smallest absolute Gasteiger partial charge is 0.303 e. The summed E-state index contributed by atoms with van der Waals surface area (Å²) in [5, 5.41) is 23.6. The van der Waals surface area contributed by atoms with Gasteiger partial charge in [-0.1, -0.05) is 24.0 Å². The minimum absolute atomic E-state index is 0.0114. The second kappa shape index (κ2) is 8.31. The molecule has 1 aromatic heterocycles. The predicted octanol–water partition coefficient (Wildman–Crippen LogP) is 2.85. The molecule has 3 rings (SSSR count). The molecule has 1 aliphatic rings. The molecule has 2 aromatic rings. The number of nitrogens with zero attached hydrogens (tertiary/aromatic N) is 4. The highest BCUT2D eigenvalue weighted by atomic mass is 32.2. The van der Waals surface area contributed by atoms with Gasteiger partial charge >= 0.3 is 5.97 Å². The lowest BCUT2D eigenvalue weighted by Crippen LogP contribution is -2.29. The van der Waals surface area contributed by atoms with Crippen LogP contribution in [0.1, 0.15) is 18.4 Å². The number of non-ortho nitro benzene ring substituents is 1.